The molecule has 0 saturated carbocycles. The first kappa shape index (κ1) is 41.2. The van der Waals surface area contributed by atoms with E-state index < -0.39 is 19.8 Å². The average molecular weight is 1030 g/mol. The quantitative estimate of drug-likeness (QED) is 0.112. The Hall–Kier alpha value is -8.59. The Bertz CT molecular complexity index is 4420. The molecule has 6 heteroatoms. The van der Waals surface area contributed by atoms with Crippen molar-refractivity contribution in [2.45, 2.75) is 6.42 Å². The molecule has 0 unspecified atom stereocenters. The number of nitrogens with zero attached hydrogens (tertiary/aromatic N) is 5. The molecular weight excluding hydrogens is 990 g/mol. The van der Waals surface area contributed by atoms with Gasteiger partial charge >= 0.3 is 259 Å². The van der Waals surface area contributed by atoms with Crippen LogP contribution >= 0.6 is 19.8 Å². The van der Waals surface area contributed by atoms with Gasteiger partial charge in [-0.2, -0.15) is 0 Å². The number of hydrogen-bond donors (Lipinski definition) is 0. The summed E-state index contributed by atoms with van der Waals surface area (Å²) in [6.45, 7) is 0. The van der Waals surface area contributed by atoms with Crippen molar-refractivity contribution in [1.82, 2.24) is 23.7 Å². The number of rotatable bonds is 8. The monoisotopic (exact) mass is 1030 g/mol. The van der Waals surface area contributed by atoms with Crippen LogP contribution in [0.25, 0.3) is 116 Å². The second-order valence-corrected chi connectivity index (χ2v) is 24.1. The number of benzene rings is 10. The van der Waals surface area contributed by atoms with E-state index in [1.165, 1.54) is 87.8 Å². The standard InChI is InChI=1S/C66H44IN5/c1-3-15-46(16-4-1)70-60-24-12-8-20-50(60)54-36-35-53-49-19-7-11-23-57(49)67(63(53)64(54)70)40-39-43-27-29-44(30-28-43)58-41-69-59(42-68-58)45-31-33-48(34-32-45)72-62-26-14-10-22-52(62)56-38-37-55-51-21-9-13-25-61(51)71(65(55)66(56)72)47-17-5-2-6-18-47/h1-38,41-42H,39-40H2. The van der Waals surface area contributed by atoms with Gasteiger partial charge < -0.3 is 9.13 Å². The maximum atomic E-state index is 4.98. The van der Waals surface area contributed by atoms with Crippen LogP contribution in [-0.4, -0.2) is 28.1 Å². The van der Waals surface area contributed by atoms with E-state index in [2.05, 4.69) is 244 Å². The van der Waals surface area contributed by atoms with E-state index in [9.17, 15) is 0 Å². The Morgan fingerprint density at radius 2 is 0.764 bits per heavy atom. The minimum atomic E-state index is -1.87. The number of hydrogen-bond acceptors (Lipinski definition) is 2. The molecule has 0 amide bonds. The predicted molar refractivity (Wildman–Crippen MR) is 308 cm³/mol. The molecule has 72 heavy (non-hydrogen) atoms. The molecular formula is C66H44IN5. The predicted octanol–water partition coefficient (Wildman–Crippen LogP) is 16.9. The van der Waals surface area contributed by atoms with Gasteiger partial charge in [-0.05, 0) is 36.4 Å². The summed E-state index contributed by atoms with van der Waals surface area (Å²) in [6.07, 6.45) is 4.86. The Morgan fingerprint density at radius 3 is 1.31 bits per heavy atom. The zero-order valence-electron chi connectivity index (χ0n) is 39.1. The zero-order valence-corrected chi connectivity index (χ0v) is 41.3. The van der Waals surface area contributed by atoms with Crippen molar-refractivity contribution in [3.8, 4) is 50.7 Å². The minimum absolute atomic E-state index is 0.846. The molecule has 0 N–H and O–H groups in total. The topological polar surface area (TPSA) is 40.6 Å². The molecule has 0 bridgehead atoms. The molecule has 10 aromatic carbocycles. The summed E-state index contributed by atoms with van der Waals surface area (Å²) in [7, 11) is 0. The molecule has 0 spiro atoms. The van der Waals surface area contributed by atoms with Gasteiger partial charge in [0.2, 0.25) is 0 Å². The van der Waals surface area contributed by atoms with E-state index >= 15 is 0 Å². The third kappa shape index (κ3) is 6.31. The summed E-state index contributed by atoms with van der Waals surface area (Å²) < 4.78 is 11.7. The molecule has 15 rings (SSSR count). The zero-order chi connectivity index (χ0) is 47.3. The fraction of sp³-hybridized carbons (Fsp3) is 0.0303. The van der Waals surface area contributed by atoms with Crippen LogP contribution in [-0.2, 0) is 6.42 Å². The molecule has 340 valence electrons. The second-order valence-electron chi connectivity index (χ2n) is 18.7. The van der Waals surface area contributed by atoms with Gasteiger partial charge in [0.05, 0.1) is 22.1 Å². The van der Waals surface area contributed by atoms with Crippen molar-refractivity contribution in [3.63, 3.8) is 0 Å². The van der Waals surface area contributed by atoms with Crippen LogP contribution in [0.15, 0.2) is 243 Å². The average Bonchev–Trinajstić information content (AvgIpc) is 4.19. The van der Waals surface area contributed by atoms with Crippen LogP contribution < -0.4 is 0 Å². The van der Waals surface area contributed by atoms with Crippen LogP contribution in [0.4, 0.5) is 0 Å². The Kier molecular flexibility index (Phi) is 9.45. The summed E-state index contributed by atoms with van der Waals surface area (Å²) >= 11 is -1.87. The van der Waals surface area contributed by atoms with Gasteiger partial charge in [0, 0.05) is 32.9 Å². The fourth-order valence-electron chi connectivity index (χ4n) is 11.5. The van der Waals surface area contributed by atoms with Crippen molar-refractivity contribution in [2.24, 2.45) is 0 Å². The van der Waals surface area contributed by atoms with Gasteiger partial charge in [-0.3, -0.25) is 0 Å². The van der Waals surface area contributed by atoms with Gasteiger partial charge in [0.15, 0.2) is 0 Å². The van der Waals surface area contributed by atoms with E-state index in [0.29, 0.717) is 0 Å². The van der Waals surface area contributed by atoms with Crippen LogP contribution in [0.2, 0.25) is 0 Å². The fourth-order valence-corrected chi connectivity index (χ4v) is 18.5. The van der Waals surface area contributed by atoms with Crippen molar-refractivity contribution in [3.05, 3.63) is 256 Å². The van der Waals surface area contributed by atoms with Crippen molar-refractivity contribution >= 4 is 85.2 Å². The maximum absolute atomic E-state index is 4.98. The van der Waals surface area contributed by atoms with Crippen LogP contribution in [0.3, 0.4) is 0 Å². The van der Waals surface area contributed by atoms with Gasteiger partial charge in [-0.1, -0.05) is 66.7 Å². The third-order valence-corrected chi connectivity index (χ3v) is 21.2. The van der Waals surface area contributed by atoms with E-state index in [0.717, 1.165) is 44.7 Å². The summed E-state index contributed by atoms with van der Waals surface area (Å²) in [5.74, 6) is 0. The molecule has 0 aliphatic carbocycles. The Morgan fingerprint density at radius 1 is 0.333 bits per heavy atom. The number of halogens is 1. The molecule has 0 atom stereocenters. The third-order valence-electron chi connectivity index (χ3n) is 14.8. The van der Waals surface area contributed by atoms with Crippen LogP contribution in [0, 0.1) is 7.14 Å². The summed E-state index contributed by atoms with van der Waals surface area (Å²) in [5, 5.41) is 7.61. The summed E-state index contributed by atoms with van der Waals surface area (Å²) in [6, 6.07) is 84.5. The summed E-state index contributed by atoms with van der Waals surface area (Å²) in [4.78, 5) is 9.96. The van der Waals surface area contributed by atoms with Crippen LogP contribution in [0.1, 0.15) is 5.56 Å². The normalized spacial score (nSPS) is 12.8. The van der Waals surface area contributed by atoms with Crippen molar-refractivity contribution in [2.75, 3.05) is 4.43 Å². The summed E-state index contributed by atoms with van der Waals surface area (Å²) in [5.41, 5.74) is 18.9. The van der Waals surface area contributed by atoms with E-state index in [1.807, 2.05) is 12.4 Å². The molecule has 1 aliphatic heterocycles. The number of aryl methyl sites for hydroxylation is 1. The molecule has 0 fully saturated rings. The molecule has 5 heterocycles. The molecule has 5 nitrogen and oxygen atoms in total. The molecule has 0 radical (unpaired) electrons. The molecule has 14 aromatic rings. The SMILES string of the molecule is c1ccc(-n2c3ccccc3c3ccc4c(c32)I(CCc2ccc(-c3cnc(-c5ccc(-n6c7ccccc7c7ccc8c9ccccc9n(-c9ccccc9)c8c76)cc5)cn3)cc2)c2ccccc2-4)cc1. The number of alkyl halides is 1. The van der Waals surface area contributed by atoms with Crippen LogP contribution in [0.5, 0.6) is 0 Å². The number of para-hydroxylation sites is 5. The van der Waals surface area contributed by atoms with Gasteiger partial charge in [0.25, 0.3) is 0 Å². The molecule has 0 saturated heterocycles. The van der Waals surface area contributed by atoms with Gasteiger partial charge in [0.1, 0.15) is 0 Å². The number of aromatic nitrogens is 5. The van der Waals surface area contributed by atoms with E-state index in [4.69, 9.17) is 9.97 Å². The Balaban J connectivity index is 0.730. The first-order valence-corrected chi connectivity index (χ1v) is 28.3. The first-order valence-electron chi connectivity index (χ1n) is 24.6. The Labute approximate surface area is 423 Å². The van der Waals surface area contributed by atoms with Gasteiger partial charge in [-0.25, -0.2) is 0 Å². The van der Waals surface area contributed by atoms with Gasteiger partial charge in [-0.15, -0.1) is 0 Å². The van der Waals surface area contributed by atoms with E-state index in [1.54, 1.807) is 7.14 Å². The first-order chi connectivity index (χ1) is 35.7. The second kappa shape index (κ2) is 16.5. The molecule has 1 aliphatic rings. The molecule has 4 aromatic heterocycles. The van der Waals surface area contributed by atoms with E-state index in [-0.39, 0.29) is 0 Å². The van der Waals surface area contributed by atoms with Crippen molar-refractivity contribution in [1.29, 1.82) is 0 Å². The van der Waals surface area contributed by atoms with Crippen molar-refractivity contribution < 1.29 is 0 Å². The number of fused-ring (bicyclic) bond motifs is 14.